The Morgan fingerprint density at radius 3 is 2.16 bits per heavy atom. The summed E-state index contributed by atoms with van der Waals surface area (Å²) in [6, 6.07) is 8.76. The maximum Gasteiger partial charge on any atom is 0.203 e. The van der Waals surface area contributed by atoms with E-state index in [4.69, 9.17) is 14.2 Å². The molecule has 2 aromatic carbocycles. The van der Waals surface area contributed by atoms with Crippen molar-refractivity contribution in [3.05, 3.63) is 47.9 Å². The SMILES string of the molecule is COc1cc(-c2[nH]ncc2-c2ccc(C)c(F)c2)cc(OC)c1OC. The molecule has 0 saturated heterocycles. The van der Waals surface area contributed by atoms with Crippen LogP contribution in [0.25, 0.3) is 22.4 Å². The molecular formula is C19H19FN2O3. The van der Waals surface area contributed by atoms with Crippen LogP contribution in [0.2, 0.25) is 0 Å². The summed E-state index contributed by atoms with van der Waals surface area (Å²) in [5.41, 5.74) is 3.65. The predicted octanol–water partition coefficient (Wildman–Crippen LogP) is 4.22. The van der Waals surface area contributed by atoms with Gasteiger partial charge < -0.3 is 14.2 Å². The summed E-state index contributed by atoms with van der Waals surface area (Å²) in [6.07, 6.45) is 1.67. The lowest BCUT2D eigenvalue weighted by Gasteiger charge is -2.14. The predicted molar refractivity (Wildman–Crippen MR) is 93.8 cm³/mol. The number of rotatable bonds is 5. The summed E-state index contributed by atoms with van der Waals surface area (Å²) < 4.78 is 30.1. The van der Waals surface area contributed by atoms with Crippen molar-refractivity contribution < 1.29 is 18.6 Å². The Morgan fingerprint density at radius 1 is 0.920 bits per heavy atom. The molecule has 3 aromatic rings. The molecule has 0 aliphatic heterocycles. The van der Waals surface area contributed by atoms with Gasteiger partial charge in [-0.15, -0.1) is 0 Å². The summed E-state index contributed by atoms with van der Waals surface area (Å²) in [5, 5.41) is 7.09. The van der Waals surface area contributed by atoms with E-state index in [9.17, 15) is 4.39 Å². The number of H-pyrrole nitrogens is 1. The van der Waals surface area contributed by atoms with Gasteiger partial charge in [-0.25, -0.2) is 4.39 Å². The first-order chi connectivity index (χ1) is 12.1. The minimum Gasteiger partial charge on any atom is -0.493 e. The van der Waals surface area contributed by atoms with Crippen molar-refractivity contribution in [2.24, 2.45) is 0 Å². The van der Waals surface area contributed by atoms with E-state index < -0.39 is 0 Å². The second-order valence-corrected chi connectivity index (χ2v) is 5.54. The van der Waals surface area contributed by atoms with Crippen molar-refractivity contribution in [2.45, 2.75) is 6.92 Å². The van der Waals surface area contributed by atoms with Gasteiger partial charge >= 0.3 is 0 Å². The molecule has 0 fully saturated rings. The molecule has 0 radical (unpaired) electrons. The van der Waals surface area contributed by atoms with E-state index in [0.717, 1.165) is 22.4 Å². The smallest absolute Gasteiger partial charge is 0.203 e. The normalized spacial score (nSPS) is 10.6. The molecule has 0 atom stereocenters. The molecule has 0 bridgehead atoms. The molecule has 5 nitrogen and oxygen atoms in total. The van der Waals surface area contributed by atoms with Crippen LogP contribution in [-0.2, 0) is 0 Å². The highest BCUT2D eigenvalue weighted by atomic mass is 19.1. The first-order valence-corrected chi connectivity index (χ1v) is 7.69. The van der Waals surface area contributed by atoms with Crippen LogP contribution in [0.1, 0.15) is 5.56 Å². The molecule has 0 aliphatic rings. The van der Waals surface area contributed by atoms with Crippen molar-refractivity contribution in [1.29, 1.82) is 0 Å². The van der Waals surface area contributed by atoms with Crippen molar-refractivity contribution in [2.75, 3.05) is 21.3 Å². The fourth-order valence-electron chi connectivity index (χ4n) is 2.71. The lowest BCUT2D eigenvalue weighted by Crippen LogP contribution is -1.96. The molecule has 130 valence electrons. The van der Waals surface area contributed by atoms with Gasteiger partial charge in [0.1, 0.15) is 5.82 Å². The van der Waals surface area contributed by atoms with Gasteiger partial charge in [0.15, 0.2) is 11.5 Å². The van der Waals surface area contributed by atoms with Gasteiger partial charge in [0.05, 0.1) is 33.2 Å². The van der Waals surface area contributed by atoms with Crippen molar-refractivity contribution >= 4 is 0 Å². The molecule has 25 heavy (non-hydrogen) atoms. The number of aryl methyl sites for hydroxylation is 1. The minimum atomic E-state index is -0.255. The Morgan fingerprint density at radius 2 is 1.60 bits per heavy atom. The number of methoxy groups -OCH3 is 3. The third kappa shape index (κ3) is 3.03. The topological polar surface area (TPSA) is 56.4 Å². The van der Waals surface area contributed by atoms with Crippen molar-refractivity contribution in [1.82, 2.24) is 10.2 Å². The van der Waals surface area contributed by atoms with E-state index in [1.807, 2.05) is 18.2 Å². The third-order valence-corrected chi connectivity index (χ3v) is 4.08. The van der Waals surface area contributed by atoms with Crippen LogP contribution >= 0.6 is 0 Å². The number of nitrogens with zero attached hydrogens (tertiary/aromatic N) is 1. The van der Waals surface area contributed by atoms with Crippen molar-refractivity contribution in [3.8, 4) is 39.6 Å². The van der Waals surface area contributed by atoms with E-state index in [1.165, 1.54) is 6.07 Å². The zero-order valence-electron chi connectivity index (χ0n) is 14.5. The molecule has 1 heterocycles. The first kappa shape index (κ1) is 16.8. The zero-order chi connectivity index (χ0) is 18.0. The van der Waals surface area contributed by atoms with Gasteiger partial charge in [0, 0.05) is 11.1 Å². The molecule has 0 saturated carbocycles. The maximum absolute atomic E-state index is 14.0. The highest BCUT2D eigenvalue weighted by molar-refractivity contribution is 5.82. The third-order valence-electron chi connectivity index (χ3n) is 4.08. The Bertz CT molecular complexity index is 880. The van der Waals surface area contributed by atoms with Gasteiger partial charge in [0.2, 0.25) is 5.75 Å². The second-order valence-electron chi connectivity index (χ2n) is 5.54. The molecule has 1 aromatic heterocycles. The monoisotopic (exact) mass is 342 g/mol. The fourth-order valence-corrected chi connectivity index (χ4v) is 2.71. The molecule has 1 N–H and O–H groups in total. The highest BCUT2D eigenvalue weighted by Crippen LogP contribution is 2.42. The first-order valence-electron chi connectivity index (χ1n) is 7.69. The summed E-state index contributed by atoms with van der Waals surface area (Å²) in [7, 11) is 4.67. The Hall–Kier alpha value is -3.02. The number of hydrogen-bond donors (Lipinski definition) is 1. The number of aromatic nitrogens is 2. The molecule has 6 heteroatoms. The molecule has 3 rings (SSSR count). The molecule has 0 spiro atoms. The van der Waals surface area contributed by atoms with E-state index >= 15 is 0 Å². The Balaban J connectivity index is 2.15. The maximum atomic E-state index is 14.0. The number of hydrogen-bond acceptors (Lipinski definition) is 4. The van der Waals surface area contributed by atoms with E-state index in [1.54, 1.807) is 40.5 Å². The quantitative estimate of drug-likeness (QED) is 0.754. The summed E-state index contributed by atoms with van der Waals surface area (Å²) in [5.74, 6) is 1.32. The Kier molecular flexibility index (Phi) is 4.61. The van der Waals surface area contributed by atoms with Crippen LogP contribution < -0.4 is 14.2 Å². The van der Waals surface area contributed by atoms with Gasteiger partial charge in [-0.2, -0.15) is 5.10 Å². The average Bonchev–Trinajstić information content (AvgIpc) is 3.12. The van der Waals surface area contributed by atoms with Gasteiger partial charge in [0.25, 0.3) is 0 Å². The van der Waals surface area contributed by atoms with Crippen LogP contribution in [0.5, 0.6) is 17.2 Å². The Labute approximate surface area is 145 Å². The van der Waals surface area contributed by atoms with Crippen molar-refractivity contribution in [3.63, 3.8) is 0 Å². The van der Waals surface area contributed by atoms with Crippen LogP contribution in [0, 0.1) is 12.7 Å². The standard InChI is InChI=1S/C19H19FN2O3/c1-11-5-6-12(7-15(11)20)14-10-21-22-18(14)13-8-16(23-2)19(25-4)17(9-13)24-3/h5-10H,1-4H3,(H,21,22). The van der Waals surface area contributed by atoms with E-state index in [-0.39, 0.29) is 5.82 Å². The number of halogens is 1. The highest BCUT2D eigenvalue weighted by Gasteiger charge is 2.18. The largest absolute Gasteiger partial charge is 0.493 e. The van der Waals surface area contributed by atoms with Crippen LogP contribution in [-0.4, -0.2) is 31.5 Å². The van der Waals surface area contributed by atoms with Crippen LogP contribution in [0.4, 0.5) is 4.39 Å². The molecular weight excluding hydrogens is 323 g/mol. The number of nitrogens with one attached hydrogen (secondary N) is 1. The van der Waals surface area contributed by atoms with Gasteiger partial charge in [-0.3, -0.25) is 5.10 Å². The van der Waals surface area contributed by atoms with Gasteiger partial charge in [-0.05, 0) is 36.2 Å². The molecule has 0 unspecified atom stereocenters. The second kappa shape index (κ2) is 6.84. The lowest BCUT2D eigenvalue weighted by molar-refractivity contribution is 0.324. The van der Waals surface area contributed by atoms with Crippen LogP contribution in [0.15, 0.2) is 36.5 Å². The minimum absolute atomic E-state index is 0.255. The summed E-state index contributed by atoms with van der Waals surface area (Å²) in [6.45, 7) is 1.73. The zero-order valence-corrected chi connectivity index (χ0v) is 14.5. The van der Waals surface area contributed by atoms with E-state index in [0.29, 0.717) is 22.8 Å². The molecule has 0 amide bonds. The average molecular weight is 342 g/mol. The number of aromatic amines is 1. The fraction of sp³-hybridized carbons (Fsp3) is 0.211. The van der Waals surface area contributed by atoms with E-state index in [2.05, 4.69) is 10.2 Å². The molecule has 0 aliphatic carbocycles. The summed E-state index contributed by atoms with van der Waals surface area (Å²) in [4.78, 5) is 0. The van der Waals surface area contributed by atoms with Crippen LogP contribution in [0.3, 0.4) is 0 Å². The van der Waals surface area contributed by atoms with Gasteiger partial charge in [-0.1, -0.05) is 12.1 Å². The lowest BCUT2D eigenvalue weighted by atomic mass is 10.00. The number of benzene rings is 2. The summed E-state index contributed by atoms with van der Waals surface area (Å²) >= 11 is 0. The number of ether oxygens (including phenoxy) is 3.